The van der Waals surface area contributed by atoms with Crippen LogP contribution < -0.4 is 9.47 Å². The second kappa shape index (κ2) is 8.46. The van der Waals surface area contributed by atoms with E-state index in [0.29, 0.717) is 6.61 Å². The van der Waals surface area contributed by atoms with Crippen molar-refractivity contribution in [1.29, 1.82) is 0 Å². The van der Waals surface area contributed by atoms with Gasteiger partial charge in [-0.15, -0.1) is 0 Å². The predicted molar refractivity (Wildman–Crippen MR) is 128 cm³/mol. The Morgan fingerprint density at radius 1 is 1.06 bits per heavy atom. The third kappa shape index (κ3) is 3.45. The molecule has 0 radical (unpaired) electrons. The van der Waals surface area contributed by atoms with Crippen molar-refractivity contribution >= 4 is 10.9 Å². The molecular formula is C28H27FN2O3. The second-order valence-corrected chi connectivity index (χ2v) is 9.07. The molecule has 0 bridgehead atoms. The first-order chi connectivity index (χ1) is 16.7. The zero-order chi connectivity index (χ0) is 23.2. The summed E-state index contributed by atoms with van der Waals surface area (Å²) in [5, 5.41) is 11.1. The third-order valence-corrected chi connectivity index (χ3v) is 7.27. The van der Waals surface area contributed by atoms with Crippen LogP contribution in [0.3, 0.4) is 0 Å². The minimum atomic E-state index is -0.284. The quantitative estimate of drug-likeness (QED) is 0.459. The van der Waals surface area contributed by atoms with Gasteiger partial charge >= 0.3 is 0 Å². The van der Waals surface area contributed by atoms with E-state index in [0.717, 1.165) is 59.6 Å². The number of aliphatic hydroxyl groups excluding tert-OH is 1. The van der Waals surface area contributed by atoms with Crippen molar-refractivity contribution < 1.29 is 19.0 Å². The molecule has 3 aromatic carbocycles. The van der Waals surface area contributed by atoms with Gasteiger partial charge in [-0.2, -0.15) is 0 Å². The molecule has 4 aromatic rings. The van der Waals surface area contributed by atoms with Crippen molar-refractivity contribution in [3.8, 4) is 11.5 Å². The maximum absolute atomic E-state index is 14.0. The molecular weight excluding hydrogens is 431 g/mol. The molecule has 0 fully saturated rings. The molecule has 1 aromatic heterocycles. The SMILES string of the molecule is COc1cc2c(cc1OCc1ccccc1)CCN1Cc3c(c4ccc(F)cc4n3CO)CC21. The van der Waals surface area contributed by atoms with Crippen molar-refractivity contribution in [3.05, 3.63) is 94.4 Å². The zero-order valence-electron chi connectivity index (χ0n) is 19.1. The highest BCUT2D eigenvalue weighted by Crippen LogP contribution is 2.44. The summed E-state index contributed by atoms with van der Waals surface area (Å²) >= 11 is 0. The van der Waals surface area contributed by atoms with E-state index in [1.54, 1.807) is 7.11 Å². The van der Waals surface area contributed by atoms with E-state index in [9.17, 15) is 9.50 Å². The number of nitrogens with zero attached hydrogens (tertiary/aromatic N) is 2. The van der Waals surface area contributed by atoms with Crippen LogP contribution in [0.4, 0.5) is 4.39 Å². The van der Waals surface area contributed by atoms with E-state index in [4.69, 9.17) is 9.47 Å². The monoisotopic (exact) mass is 458 g/mol. The largest absolute Gasteiger partial charge is 0.493 e. The maximum atomic E-state index is 14.0. The lowest BCUT2D eigenvalue weighted by molar-refractivity contribution is 0.145. The van der Waals surface area contributed by atoms with Crippen LogP contribution in [0.15, 0.2) is 60.7 Å². The summed E-state index contributed by atoms with van der Waals surface area (Å²) in [6.07, 6.45) is 1.73. The van der Waals surface area contributed by atoms with Crippen molar-refractivity contribution in [2.24, 2.45) is 0 Å². The van der Waals surface area contributed by atoms with Gasteiger partial charge in [-0.3, -0.25) is 4.90 Å². The van der Waals surface area contributed by atoms with Crippen molar-refractivity contribution in [1.82, 2.24) is 9.47 Å². The Morgan fingerprint density at radius 2 is 1.91 bits per heavy atom. The number of hydrogen-bond acceptors (Lipinski definition) is 4. The Kier molecular flexibility index (Phi) is 5.27. The molecule has 2 aliphatic heterocycles. The maximum Gasteiger partial charge on any atom is 0.161 e. The highest BCUT2D eigenvalue weighted by atomic mass is 19.1. The lowest BCUT2D eigenvalue weighted by Gasteiger charge is -2.41. The number of benzene rings is 3. The number of halogens is 1. The summed E-state index contributed by atoms with van der Waals surface area (Å²) < 4.78 is 27.7. The van der Waals surface area contributed by atoms with Crippen LogP contribution in [0, 0.1) is 5.82 Å². The van der Waals surface area contributed by atoms with E-state index in [2.05, 4.69) is 29.2 Å². The van der Waals surface area contributed by atoms with Gasteiger partial charge in [0.1, 0.15) is 19.2 Å². The molecule has 5 nitrogen and oxygen atoms in total. The molecule has 6 heteroatoms. The van der Waals surface area contributed by atoms with Gasteiger partial charge in [0.25, 0.3) is 0 Å². The summed E-state index contributed by atoms with van der Waals surface area (Å²) in [5.41, 5.74) is 6.69. The molecule has 0 saturated heterocycles. The fraction of sp³-hybridized carbons (Fsp3) is 0.286. The van der Waals surface area contributed by atoms with Gasteiger partial charge in [0.2, 0.25) is 0 Å². The van der Waals surface area contributed by atoms with Gasteiger partial charge < -0.3 is 19.1 Å². The molecule has 0 aliphatic carbocycles. The summed E-state index contributed by atoms with van der Waals surface area (Å²) in [6, 6.07) is 19.5. The molecule has 0 saturated carbocycles. The molecule has 1 N–H and O–H groups in total. The smallest absolute Gasteiger partial charge is 0.161 e. The molecule has 6 rings (SSSR count). The van der Waals surface area contributed by atoms with Gasteiger partial charge in [-0.25, -0.2) is 4.39 Å². The topological polar surface area (TPSA) is 46.9 Å². The Labute approximate surface area is 198 Å². The highest BCUT2D eigenvalue weighted by molar-refractivity contribution is 5.86. The van der Waals surface area contributed by atoms with Crippen LogP contribution in [-0.4, -0.2) is 28.2 Å². The first-order valence-electron chi connectivity index (χ1n) is 11.7. The Bertz CT molecular complexity index is 1370. The molecule has 1 atom stereocenters. The number of aliphatic hydroxyl groups is 1. The Balaban J connectivity index is 1.36. The average Bonchev–Trinajstić information content (AvgIpc) is 3.17. The molecule has 174 valence electrons. The number of ether oxygens (including phenoxy) is 2. The summed E-state index contributed by atoms with van der Waals surface area (Å²) in [7, 11) is 1.68. The van der Waals surface area contributed by atoms with Gasteiger partial charge in [0.05, 0.1) is 12.6 Å². The van der Waals surface area contributed by atoms with Crippen LogP contribution in [0.2, 0.25) is 0 Å². The van der Waals surface area contributed by atoms with Crippen LogP contribution >= 0.6 is 0 Å². The van der Waals surface area contributed by atoms with Crippen LogP contribution in [-0.2, 0) is 32.7 Å². The molecule has 2 aliphatic rings. The van der Waals surface area contributed by atoms with Crippen molar-refractivity contribution in [2.75, 3.05) is 13.7 Å². The molecule has 0 amide bonds. The molecule has 0 spiro atoms. The fourth-order valence-electron chi connectivity index (χ4n) is 5.60. The summed E-state index contributed by atoms with van der Waals surface area (Å²) in [4.78, 5) is 2.45. The number of rotatable bonds is 5. The normalized spacial score (nSPS) is 17.2. The summed E-state index contributed by atoms with van der Waals surface area (Å²) in [5.74, 6) is 1.22. The summed E-state index contributed by atoms with van der Waals surface area (Å²) in [6.45, 7) is 1.99. The fourth-order valence-corrected chi connectivity index (χ4v) is 5.60. The number of aromatic nitrogens is 1. The highest BCUT2D eigenvalue weighted by Gasteiger charge is 2.36. The van der Waals surface area contributed by atoms with E-state index in [-0.39, 0.29) is 18.6 Å². The lowest BCUT2D eigenvalue weighted by atomic mass is 9.85. The van der Waals surface area contributed by atoms with Gasteiger partial charge in [-0.1, -0.05) is 30.3 Å². The van der Waals surface area contributed by atoms with E-state index >= 15 is 0 Å². The van der Waals surface area contributed by atoms with Crippen LogP contribution in [0.5, 0.6) is 11.5 Å². The van der Waals surface area contributed by atoms with Gasteiger partial charge in [-0.05, 0) is 65.4 Å². The zero-order valence-corrected chi connectivity index (χ0v) is 19.1. The third-order valence-electron chi connectivity index (χ3n) is 7.27. The molecule has 1 unspecified atom stereocenters. The van der Waals surface area contributed by atoms with Crippen LogP contribution in [0.1, 0.15) is 34.0 Å². The van der Waals surface area contributed by atoms with E-state index in [1.807, 2.05) is 28.8 Å². The number of fused-ring (bicyclic) bond motifs is 6. The Morgan fingerprint density at radius 3 is 2.71 bits per heavy atom. The standard InChI is InChI=1S/C28H27FN2O3/c1-33-27-14-22-19(11-28(27)34-16-18-5-3-2-4-6-18)9-10-30-15-26-23(13-24(22)30)21-8-7-20(29)12-25(21)31(26)17-32/h2-8,11-12,14,24,32H,9-10,13,15-17H2,1H3. The molecule has 34 heavy (non-hydrogen) atoms. The lowest BCUT2D eigenvalue weighted by Crippen LogP contribution is -2.39. The first-order valence-corrected chi connectivity index (χ1v) is 11.7. The minimum absolute atomic E-state index is 0.152. The van der Waals surface area contributed by atoms with Crippen molar-refractivity contribution in [2.45, 2.75) is 38.8 Å². The minimum Gasteiger partial charge on any atom is -0.493 e. The second-order valence-electron chi connectivity index (χ2n) is 9.07. The van der Waals surface area contributed by atoms with Crippen molar-refractivity contribution in [3.63, 3.8) is 0 Å². The van der Waals surface area contributed by atoms with Crippen LogP contribution in [0.25, 0.3) is 10.9 Å². The number of methoxy groups -OCH3 is 1. The first kappa shape index (κ1) is 21.2. The average molecular weight is 459 g/mol. The van der Waals surface area contributed by atoms with Gasteiger partial charge in [0.15, 0.2) is 11.5 Å². The van der Waals surface area contributed by atoms with Gasteiger partial charge in [0, 0.05) is 30.2 Å². The van der Waals surface area contributed by atoms with E-state index < -0.39 is 0 Å². The Hall–Kier alpha value is -3.35. The number of hydrogen-bond donors (Lipinski definition) is 1. The van der Waals surface area contributed by atoms with E-state index in [1.165, 1.54) is 28.8 Å². The predicted octanol–water partition coefficient (Wildman–Crippen LogP) is 4.97. The molecule has 3 heterocycles.